The van der Waals surface area contributed by atoms with Crippen LogP contribution in [-0.4, -0.2) is 17.9 Å². The SMILES string of the molecule is O=[N+]([O-])c1ccccc1Nc1ccc(S(=O)(=O)O)cc1. The largest absolute Gasteiger partial charge is 0.350 e. The van der Waals surface area contributed by atoms with Gasteiger partial charge in [-0.3, -0.25) is 14.7 Å². The van der Waals surface area contributed by atoms with Gasteiger partial charge in [-0.2, -0.15) is 8.42 Å². The van der Waals surface area contributed by atoms with Gasteiger partial charge in [0.2, 0.25) is 0 Å². The second-order valence-electron chi connectivity index (χ2n) is 3.90. The highest BCUT2D eigenvalue weighted by Gasteiger charge is 2.13. The zero-order valence-corrected chi connectivity index (χ0v) is 10.9. The first-order valence-electron chi connectivity index (χ1n) is 5.46. The van der Waals surface area contributed by atoms with Crippen molar-refractivity contribution in [1.82, 2.24) is 0 Å². The maximum atomic E-state index is 10.9. The summed E-state index contributed by atoms with van der Waals surface area (Å²) in [6.07, 6.45) is 0. The Morgan fingerprint density at radius 2 is 1.65 bits per heavy atom. The molecule has 0 heterocycles. The van der Waals surface area contributed by atoms with Gasteiger partial charge in [-0.1, -0.05) is 12.1 Å². The summed E-state index contributed by atoms with van der Waals surface area (Å²) in [4.78, 5) is 10.1. The summed E-state index contributed by atoms with van der Waals surface area (Å²) in [7, 11) is -4.25. The molecule has 0 radical (unpaired) electrons. The van der Waals surface area contributed by atoms with Crippen LogP contribution in [0.1, 0.15) is 0 Å². The number of nitrogens with zero attached hydrogens (tertiary/aromatic N) is 1. The molecule has 0 saturated carbocycles. The Balaban J connectivity index is 2.30. The topological polar surface area (TPSA) is 110 Å². The Kier molecular flexibility index (Phi) is 3.68. The fourth-order valence-electron chi connectivity index (χ4n) is 1.60. The lowest BCUT2D eigenvalue weighted by atomic mass is 10.2. The van der Waals surface area contributed by atoms with Crippen LogP contribution in [0.5, 0.6) is 0 Å². The molecular weight excluding hydrogens is 284 g/mol. The van der Waals surface area contributed by atoms with Gasteiger partial charge in [0, 0.05) is 11.8 Å². The lowest BCUT2D eigenvalue weighted by molar-refractivity contribution is -0.383. The minimum Gasteiger partial charge on any atom is -0.350 e. The molecule has 2 aromatic carbocycles. The highest BCUT2D eigenvalue weighted by molar-refractivity contribution is 7.85. The molecule has 2 rings (SSSR count). The van der Waals surface area contributed by atoms with E-state index in [9.17, 15) is 18.5 Å². The van der Waals surface area contributed by atoms with Crippen molar-refractivity contribution in [3.63, 3.8) is 0 Å². The van der Waals surface area contributed by atoms with Crippen LogP contribution in [0.3, 0.4) is 0 Å². The molecule has 0 spiro atoms. The van der Waals surface area contributed by atoms with Crippen LogP contribution < -0.4 is 5.32 Å². The standard InChI is InChI=1S/C12H10N2O5S/c15-14(16)12-4-2-1-3-11(12)13-9-5-7-10(8-6-9)20(17,18)19/h1-8,13H,(H,17,18,19). The monoisotopic (exact) mass is 294 g/mol. The van der Waals surface area contributed by atoms with Crippen molar-refractivity contribution < 1.29 is 17.9 Å². The Hall–Kier alpha value is -2.45. The molecule has 0 amide bonds. The van der Waals surface area contributed by atoms with E-state index in [4.69, 9.17) is 4.55 Å². The van der Waals surface area contributed by atoms with Crippen LogP contribution >= 0.6 is 0 Å². The summed E-state index contributed by atoms with van der Waals surface area (Å²) >= 11 is 0. The number of nitrogens with one attached hydrogen (secondary N) is 1. The molecule has 104 valence electrons. The van der Waals surface area contributed by atoms with Gasteiger partial charge < -0.3 is 5.32 Å². The van der Waals surface area contributed by atoms with E-state index in [2.05, 4.69) is 5.32 Å². The van der Waals surface area contributed by atoms with Crippen molar-refractivity contribution in [2.75, 3.05) is 5.32 Å². The molecule has 20 heavy (non-hydrogen) atoms. The Morgan fingerprint density at radius 1 is 1.05 bits per heavy atom. The summed E-state index contributed by atoms with van der Waals surface area (Å²) in [5, 5.41) is 13.7. The summed E-state index contributed by atoms with van der Waals surface area (Å²) in [6.45, 7) is 0. The van der Waals surface area contributed by atoms with Crippen molar-refractivity contribution in [3.8, 4) is 0 Å². The van der Waals surface area contributed by atoms with Crippen LogP contribution in [0.2, 0.25) is 0 Å². The molecule has 0 aromatic heterocycles. The molecule has 0 aliphatic carbocycles. The van der Waals surface area contributed by atoms with Gasteiger partial charge in [0.25, 0.3) is 15.8 Å². The van der Waals surface area contributed by atoms with Gasteiger partial charge in [-0.25, -0.2) is 0 Å². The first-order chi connectivity index (χ1) is 9.38. The predicted octanol–water partition coefficient (Wildman–Crippen LogP) is 2.59. The maximum absolute atomic E-state index is 10.9. The highest BCUT2D eigenvalue weighted by Crippen LogP contribution is 2.27. The van der Waals surface area contributed by atoms with Gasteiger partial charge >= 0.3 is 0 Å². The lowest BCUT2D eigenvalue weighted by Crippen LogP contribution is -1.99. The molecular formula is C12H10N2O5S. The molecule has 0 bridgehead atoms. The van der Waals surface area contributed by atoms with Crippen molar-refractivity contribution in [3.05, 3.63) is 58.6 Å². The zero-order chi connectivity index (χ0) is 14.8. The molecule has 0 saturated heterocycles. The van der Waals surface area contributed by atoms with Crippen molar-refractivity contribution >= 4 is 27.2 Å². The first-order valence-corrected chi connectivity index (χ1v) is 6.90. The van der Waals surface area contributed by atoms with Crippen molar-refractivity contribution in [2.45, 2.75) is 4.90 Å². The molecule has 0 aliphatic heterocycles. The second kappa shape index (κ2) is 5.27. The molecule has 8 heteroatoms. The van der Waals surface area contributed by atoms with Gasteiger partial charge in [-0.15, -0.1) is 0 Å². The number of hydrogen-bond acceptors (Lipinski definition) is 5. The summed E-state index contributed by atoms with van der Waals surface area (Å²) in [5.74, 6) is 0. The second-order valence-corrected chi connectivity index (χ2v) is 5.32. The molecule has 7 nitrogen and oxygen atoms in total. The van der Waals surface area contributed by atoms with E-state index < -0.39 is 15.0 Å². The number of benzene rings is 2. The van der Waals surface area contributed by atoms with Crippen molar-refractivity contribution in [1.29, 1.82) is 0 Å². The summed E-state index contributed by atoms with van der Waals surface area (Å²) < 4.78 is 30.6. The number of para-hydroxylation sites is 2. The van der Waals surface area contributed by atoms with Crippen LogP contribution in [0, 0.1) is 10.1 Å². The van der Waals surface area contributed by atoms with E-state index in [1.165, 1.54) is 36.4 Å². The molecule has 2 N–H and O–H groups in total. The number of rotatable bonds is 4. The Bertz CT molecular complexity index is 741. The van der Waals surface area contributed by atoms with E-state index in [1.807, 2.05) is 0 Å². The van der Waals surface area contributed by atoms with E-state index in [0.717, 1.165) is 0 Å². The van der Waals surface area contributed by atoms with Crippen molar-refractivity contribution in [2.24, 2.45) is 0 Å². The third kappa shape index (κ3) is 3.11. The molecule has 2 aromatic rings. The van der Waals surface area contributed by atoms with Crippen LogP contribution in [0.15, 0.2) is 53.4 Å². The Labute approximate surface area is 114 Å². The third-order valence-corrected chi connectivity index (χ3v) is 3.40. The average molecular weight is 294 g/mol. The minimum absolute atomic E-state index is 0.0913. The van der Waals surface area contributed by atoms with Crippen LogP contribution in [0.25, 0.3) is 0 Å². The van der Waals surface area contributed by atoms with E-state index in [0.29, 0.717) is 5.69 Å². The Morgan fingerprint density at radius 3 is 2.20 bits per heavy atom. The fraction of sp³-hybridized carbons (Fsp3) is 0. The van der Waals surface area contributed by atoms with E-state index in [1.54, 1.807) is 12.1 Å². The van der Waals surface area contributed by atoms with Gasteiger partial charge in [0.05, 0.1) is 9.82 Å². The minimum atomic E-state index is -4.25. The fourth-order valence-corrected chi connectivity index (χ4v) is 2.08. The number of hydrogen-bond donors (Lipinski definition) is 2. The van der Waals surface area contributed by atoms with Crippen LogP contribution in [0.4, 0.5) is 17.1 Å². The quantitative estimate of drug-likeness (QED) is 0.509. The normalized spacial score (nSPS) is 11.1. The average Bonchev–Trinajstić information content (AvgIpc) is 2.38. The molecule has 0 unspecified atom stereocenters. The smallest absolute Gasteiger partial charge is 0.294 e. The van der Waals surface area contributed by atoms with Gasteiger partial charge in [-0.05, 0) is 30.3 Å². The molecule has 0 aliphatic rings. The van der Waals surface area contributed by atoms with E-state index in [-0.39, 0.29) is 16.3 Å². The maximum Gasteiger partial charge on any atom is 0.294 e. The summed E-state index contributed by atoms with van der Waals surface area (Å²) in [6, 6.07) is 11.3. The van der Waals surface area contributed by atoms with Crippen LogP contribution in [-0.2, 0) is 10.1 Å². The molecule has 0 atom stereocenters. The van der Waals surface area contributed by atoms with Gasteiger partial charge in [0.15, 0.2) is 0 Å². The lowest BCUT2D eigenvalue weighted by Gasteiger charge is -2.07. The number of nitro benzene ring substituents is 1. The first kappa shape index (κ1) is 14.0. The number of anilines is 2. The summed E-state index contributed by atoms with van der Waals surface area (Å²) in [5.41, 5.74) is 0.662. The number of nitro groups is 1. The van der Waals surface area contributed by atoms with E-state index >= 15 is 0 Å². The third-order valence-electron chi connectivity index (χ3n) is 2.53. The molecule has 0 fully saturated rings. The highest BCUT2D eigenvalue weighted by atomic mass is 32.2. The zero-order valence-electron chi connectivity index (χ0n) is 10.1. The predicted molar refractivity (Wildman–Crippen MR) is 72.6 cm³/mol. The van der Waals surface area contributed by atoms with Gasteiger partial charge in [0.1, 0.15) is 5.69 Å².